The molecule has 3 aromatic rings. The lowest BCUT2D eigenvalue weighted by atomic mass is 9.97. The highest BCUT2D eigenvalue weighted by Crippen LogP contribution is 2.36. The standard InChI is InChI=1S/C25H30F3N5/c1-15-20(7-6-8-23(15)25(26,27)28)16(2)29-24-22-13-18(9-10-21(22)17(3)30-31-24)33-12-11-19(14-33)32(4)5/h6-10,13,16,19H,11-12,14H2,1-5H3,(H,29,31)/t16-,19+/m1/s1. The van der Waals surface area contributed by atoms with Gasteiger partial charge in [-0.15, -0.1) is 5.10 Å². The van der Waals surface area contributed by atoms with E-state index in [4.69, 9.17) is 0 Å². The summed E-state index contributed by atoms with van der Waals surface area (Å²) in [6.07, 6.45) is -3.28. The zero-order valence-electron chi connectivity index (χ0n) is 19.7. The zero-order valence-corrected chi connectivity index (χ0v) is 19.7. The Labute approximate surface area is 192 Å². The fourth-order valence-electron chi connectivity index (χ4n) is 4.69. The molecule has 2 aromatic carbocycles. The molecule has 0 saturated carbocycles. The minimum Gasteiger partial charge on any atom is -0.370 e. The summed E-state index contributed by atoms with van der Waals surface area (Å²) in [5, 5.41) is 13.9. The van der Waals surface area contributed by atoms with Gasteiger partial charge in [0.05, 0.1) is 17.3 Å². The Morgan fingerprint density at radius 3 is 2.52 bits per heavy atom. The lowest BCUT2D eigenvalue weighted by Gasteiger charge is -2.23. The van der Waals surface area contributed by atoms with Crippen molar-refractivity contribution in [3.63, 3.8) is 0 Å². The Hall–Kier alpha value is -2.87. The molecule has 1 aliphatic rings. The van der Waals surface area contributed by atoms with E-state index in [0.29, 0.717) is 17.4 Å². The number of aromatic nitrogens is 2. The third kappa shape index (κ3) is 4.62. The third-order valence-electron chi connectivity index (χ3n) is 6.71. The van der Waals surface area contributed by atoms with Gasteiger partial charge in [0, 0.05) is 35.6 Å². The van der Waals surface area contributed by atoms with Gasteiger partial charge in [0.25, 0.3) is 0 Å². The highest BCUT2D eigenvalue weighted by Gasteiger charge is 2.33. The van der Waals surface area contributed by atoms with E-state index >= 15 is 0 Å². The summed E-state index contributed by atoms with van der Waals surface area (Å²) in [6.45, 7) is 7.22. The van der Waals surface area contributed by atoms with Crippen LogP contribution in [0.25, 0.3) is 10.8 Å². The molecule has 0 spiro atoms. The van der Waals surface area contributed by atoms with Crippen molar-refractivity contribution < 1.29 is 13.2 Å². The van der Waals surface area contributed by atoms with Crippen LogP contribution in [0.2, 0.25) is 0 Å². The van der Waals surface area contributed by atoms with Crippen LogP contribution in [0.1, 0.15) is 41.8 Å². The number of hydrogen-bond donors (Lipinski definition) is 1. The van der Waals surface area contributed by atoms with Gasteiger partial charge in [-0.25, -0.2) is 0 Å². The minimum absolute atomic E-state index is 0.224. The van der Waals surface area contributed by atoms with E-state index in [1.54, 1.807) is 6.07 Å². The molecular weight excluding hydrogens is 427 g/mol. The second-order valence-corrected chi connectivity index (χ2v) is 9.10. The molecule has 176 valence electrons. The number of halogens is 3. The molecule has 4 rings (SSSR count). The van der Waals surface area contributed by atoms with Gasteiger partial charge in [-0.3, -0.25) is 0 Å². The van der Waals surface area contributed by atoms with Crippen molar-refractivity contribution >= 4 is 22.3 Å². The Balaban J connectivity index is 1.68. The van der Waals surface area contributed by atoms with Crippen LogP contribution >= 0.6 is 0 Å². The molecule has 0 aliphatic carbocycles. The number of hydrogen-bond acceptors (Lipinski definition) is 5. The van der Waals surface area contributed by atoms with Gasteiger partial charge < -0.3 is 15.1 Å². The highest BCUT2D eigenvalue weighted by atomic mass is 19.4. The van der Waals surface area contributed by atoms with Gasteiger partial charge in [-0.05, 0) is 70.6 Å². The third-order valence-corrected chi connectivity index (χ3v) is 6.71. The van der Waals surface area contributed by atoms with Crippen molar-refractivity contribution in [3.8, 4) is 0 Å². The zero-order chi connectivity index (χ0) is 23.9. The number of aryl methyl sites for hydroxylation is 1. The van der Waals surface area contributed by atoms with Crippen LogP contribution in [-0.4, -0.2) is 48.3 Å². The van der Waals surface area contributed by atoms with E-state index < -0.39 is 11.7 Å². The predicted molar refractivity (Wildman–Crippen MR) is 127 cm³/mol. The number of likely N-dealkylation sites (N-methyl/N-ethyl adjacent to an activating group) is 1. The number of nitrogens with one attached hydrogen (secondary N) is 1. The van der Waals surface area contributed by atoms with Crippen molar-refractivity contribution in [1.29, 1.82) is 0 Å². The molecule has 8 heteroatoms. The quantitative estimate of drug-likeness (QED) is 0.542. The molecule has 0 radical (unpaired) electrons. The van der Waals surface area contributed by atoms with E-state index in [2.05, 4.69) is 57.6 Å². The first-order valence-electron chi connectivity index (χ1n) is 11.2. The number of rotatable bonds is 5. The predicted octanol–water partition coefficient (Wildman–Crippen LogP) is 5.58. The smallest absolute Gasteiger partial charge is 0.370 e. The van der Waals surface area contributed by atoms with E-state index in [-0.39, 0.29) is 11.6 Å². The topological polar surface area (TPSA) is 44.3 Å². The highest BCUT2D eigenvalue weighted by molar-refractivity contribution is 5.95. The first kappa shape index (κ1) is 23.3. The molecule has 1 saturated heterocycles. The van der Waals surface area contributed by atoms with E-state index in [9.17, 15) is 13.2 Å². The average molecular weight is 458 g/mol. The molecule has 0 amide bonds. The van der Waals surface area contributed by atoms with E-state index in [1.807, 2.05) is 13.8 Å². The SMILES string of the molecule is Cc1c([C@@H](C)Nc2nnc(C)c3ccc(N4CC[C@H](N(C)C)C4)cc23)cccc1C(F)(F)F. The van der Waals surface area contributed by atoms with E-state index in [1.165, 1.54) is 13.0 Å². The first-order valence-corrected chi connectivity index (χ1v) is 11.2. The maximum absolute atomic E-state index is 13.4. The van der Waals surface area contributed by atoms with Crippen LogP contribution in [0.3, 0.4) is 0 Å². The molecule has 0 unspecified atom stereocenters. The Morgan fingerprint density at radius 2 is 1.85 bits per heavy atom. The van der Waals surface area contributed by atoms with Gasteiger partial charge in [-0.1, -0.05) is 18.2 Å². The van der Waals surface area contributed by atoms with Crippen molar-refractivity contribution in [3.05, 3.63) is 58.8 Å². The van der Waals surface area contributed by atoms with Gasteiger partial charge in [0.15, 0.2) is 5.82 Å². The van der Waals surface area contributed by atoms with Crippen LogP contribution in [-0.2, 0) is 6.18 Å². The lowest BCUT2D eigenvalue weighted by Crippen LogP contribution is -2.31. The Bertz CT molecular complexity index is 1160. The summed E-state index contributed by atoms with van der Waals surface area (Å²) >= 11 is 0. The fourth-order valence-corrected chi connectivity index (χ4v) is 4.69. The van der Waals surface area contributed by atoms with Gasteiger partial charge in [-0.2, -0.15) is 18.3 Å². The van der Waals surface area contributed by atoms with Crippen LogP contribution in [0.4, 0.5) is 24.7 Å². The number of fused-ring (bicyclic) bond motifs is 1. The molecule has 1 fully saturated rings. The van der Waals surface area contributed by atoms with Gasteiger partial charge in [0.2, 0.25) is 0 Å². The maximum atomic E-state index is 13.4. The Kier molecular flexibility index (Phi) is 6.22. The summed E-state index contributed by atoms with van der Waals surface area (Å²) in [7, 11) is 4.21. The summed E-state index contributed by atoms with van der Waals surface area (Å²) in [5.41, 5.74) is 2.13. The van der Waals surface area contributed by atoms with Gasteiger partial charge in [0.1, 0.15) is 0 Å². The normalized spacial score (nSPS) is 17.7. The van der Waals surface area contributed by atoms with Crippen LogP contribution in [0.15, 0.2) is 36.4 Å². The van der Waals surface area contributed by atoms with Crippen LogP contribution in [0, 0.1) is 13.8 Å². The molecule has 2 atom stereocenters. The summed E-state index contributed by atoms with van der Waals surface area (Å²) in [6, 6.07) is 10.7. The summed E-state index contributed by atoms with van der Waals surface area (Å²) in [5.74, 6) is 0.574. The van der Waals surface area contributed by atoms with Crippen molar-refractivity contribution in [1.82, 2.24) is 15.1 Å². The second kappa shape index (κ2) is 8.82. The second-order valence-electron chi connectivity index (χ2n) is 9.10. The number of benzene rings is 2. The number of anilines is 2. The van der Waals surface area contributed by atoms with Crippen LogP contribution < -0.4 is 10.2 Å². The van der Waals surface area contributed by atoms with Crippen LogP contribution in [0.5, 0.6) is 0 Å². The van der Waals surface area contributed by atoms with Crippen molar-refractivity contribution in [2.45, 2.75) is 45.5 Å². The molecule has 1 N–H and O–H groups in total. The molecule has 2 heterocycles. The monoisotopic (exact) mass is 457 g/mol. The van der Waals surface area contributed by atoms with E-state index in [0.717, 1.165) is 47.7 Å². The molecule has 1 aromatic heterocycles. The minimum atomic E-state index is -4.38. The van der Waals surface area contributed by atoms with Crippen molar-refractivity contribution in [2.24, 2.45) is 0 Å². The maximum Gasteiger partial charge on any atom is 0.416 e. The Morgan fingerprint density at radius 1 is 1.09 bits per heavy atom. The fraction of sp³-hybridized carbons (Fsp3) is 0.440. The van der Waals surface area contributed by atoms with Crippen molar-refractivity contribution in [2.75, 3.05) is 37.4 Å². The summed E-state index contributed by atoms with van der Waals surface area (Å²) < 4.78 is 40.2. The molecule has 0 bridgehead atoms. The molecule has 1 aliphatic heterocycles. The summed E-state index contributed by atoms with van der Waals surface area (Å²) in [4.78, 5) is 4.62. The number of alkyl halides is 3. The molecular formula is C25H30F3N5. The molecule has 33 heavy (non-hydrogen) atoms. The molecule has 5 nitrogen and oxygen atoms in total. The lowest BCUT2D eigenvalue weighted by molar-refractivity contribution is -0.138. The largest absolute Gasteiger partial charge is 0.416 e. The first-order chi connectivity index (χ1) is 15.6. The number of nitrogens with zero attached hydrogens (tertiary/aromatic N) is 4. The van der Waals surface area contributed by atoms with Gasteiger partial charge >= 0.3 is 6.18 Å². The average Bonchev–Trinajstić information content (AvgIpc) is 3.25.